The SMILES string of the molecule is CC(Cc1cccc(NC(=O)NC23CC4CC(CC(C4)C2)C3)c1)NC[C@H](O)c1ccc(O)c(CO)c1. The minimum atomic E-state index is -0.750. The lowest BCUT2D eigenvalue weighted by Gasteiger charge is -2.56. The maximum Gasteiger partial charge on any atom is 0.319 e. The minimum Gasteiger partial charge on any atom is -0.508 e. The van der Waals surface area contributed by atoms with E-state index in [2.05, 4.69) is 22.9 Å². The number of aliphatic hydroxyl groups is 2. The standard InChI is InChI=1S/C29H39N3O4/c1-18(30-16-27(35)23-5-6-26(34)24(12-23)17-33)7-19-3-2-4-25(11-19)31-28(36)32-29-13-20-8-21(14-29)10-22(9-20)15-29/h2-6,11-12,18,20-22,27,30,33-35H,7-10,13-17H2,1H3,(H2,31,32,36)/t18?,20?,21?,22?,27-,29?/m0/s1. The topological polar surface area (TPSA) is 114 Å². The van der Waals surface area contributed by atoms with Gasteiger partial charge in [0.1, 0.15) is 5.75 Å². The molecule has 4 aliphatic carbocycles. The van der Waals surface area contributed by atoms with Gasteiger partial charge in [-0.1, -0.05) is 18.2 Å². The summed E-state index contributed by atoms with van der Waals surface area (Å²) in [5, 5.41) is 39.4. The summed E-state index contributed by atoms with van der Waals surface area (Å²) in [7, 11) is 0. The lowest BCUT2D eigenvalue weighted by molar-refractivity contribution is -0.0127. The van der Waals surface area contributed by atoms with E-state index in [1.54, 1.807) is 12.1 Å². The van der Waals surface area contributed by atoms with E-state index >= 15 is 0 Å². The van der Waals surface area contributed by atoms with Crippen LogP contribution < -0.4 is 16.0 Å². The normalized spacial score (nSPS) is 28.0. The van der Waals surface area contributed by atoms with Gasteiger partial charge in [-0.2, -0.15) is 0 Å². The van der Waals surface area contributed by atoms with Crippen molar-refractivity contribution in [3.8, 4) is 5.75 Å². The van der Waals surface area contributed by atoms with Crippen molar-refractivity contribution in [2.45, 2.75) is 76.2 Å². The fourth-order valence-corrected chi connectivity index (χ4v) is 7.24. The zero-order valence-corrected chi connectivity index (χ0v) is 21.0. The third-order valence-corrected chi connectivity index (χ3v) is 8.46. The van der Waals surface area contributed by atoms with Gasteiger partial charge >= 0.3 is 6.03 Å². The Morgan fingerprint density at radius 1 is 1.06 bits per heavy atom. The average molecular weight is 494 g/mol. The lowest BCUT2D eigenvalue weighted by atomic mass is 9.53. The summed E-state index contributed by atoms with van der Waals surface area (Å²) in [6.07, 6.45) is 7.45. The highest BCUT2D eigenvalue weighted by Crippen LogP contribution is 2.55. The van der Waals surface area contributed by atoms with Crippen LogP contribution >= 0.6 is 0 Å². The monoisotopic (exact) mass is 493 g/mol. The van der Waals surface area contributed by atoms with Gasteiger partial charge in [-0.3, -0.25) is 0 Å². The molecule has 2 amide bonds. The van der Waals surface area contributed by atoms with Gasteiger partial charge < -0.3 is 31.3 Å². The van der Waals surface area contributed by atoms with E-state index in [0.29, 0.717) is 17.7 Å². The maximum absolute atomic E-state index is 12.9. The number of nitrogens with one attached hydrogen (secondary N) is 3. The zero-order valence-electron chi connectivity index (χ0n) is 21.0. The van der Waals surface area contributed by atoms with Crippen LogP contribution in [0.15, 0.2) is 42.5 Å². The lowest BCUT2D eigenvalue weighted by Crippen LogP contribution is -2.60. The van der Waals surface area contributed by atoms with Crippen molar-refractivity contribution >= 4 is 11.7 Å². The Balaban J connectivity index is 1.12. The first-order chi connectivity index (χ1) is 17.3. The maximum atomic E-state index is 12.9. The summed E-state index contributed by atoms with van der Waals surface area (Å²) in [6.45, 7) is 2.13. The molecule has 7 heteroatoms. The largest absolute Gasteiger partial charge is 0.508 e. The molecule has 0 aromatic heterocycles. The van der Waals surface area contributed by atoms with Crippen LogP contribution in [0.5, 0.6) is 5.75 Å². The molecule has 4 fully saturated rings. The van der Waals surface area contributed by atoms with Crippen LogP contribution in [0.1, 0.15) is 68.2 Å². The molecule has 1 unspecified atom stereocenters. The van der Waals surface area contributed by atoms with E-state index in [0.717, 1.165) is 54.7 Å². The van der Waals surface area contributed by atoms with Gasteiger partial charge in [-0.25, -0.2) is 4.79 Å². The van der Waals surface area contributed by atoms with Crippen LogP contribution in [0.4, 0.5) is 10.5 Å². The molecular formula is C29H39N3O4. The summed E-state index contributed by atoms with van der Waals surface area (Å²) in [5.41, 5.74) is 2.93. The molecule has 6 N–H and O–H groups in total. The van der Waals surface area contributed by atoms with E-state index in [1.165, 1.54) is 25.3 Å². The van der Waals surface area contributed by atoms with E-state index < -0.39 is 6.10 Å². The quantitative estimate of drug-likeness (QED) is 0.313. The summed E-state index contributed by atoms with van der Waals surface area (Å²) >= 11 is 0. The fraction of sp³-hybridized carbons (Fsp3) is 0.552. The Bertz CT molecular complexity index is 1050. The molecule has 4 bridgehead atoms. The summed E-state index contributed by atoms with van der Waals surface area (Å²) < 4.78 is 0. The van der Waals surface area contributed by atoms with Crippen molar-refractivity contribution in [1.29, 1.82) is 0 Å². The number of hydrogen-bond donors (Lipinski definition) is 6. The van der Waals surface area contributed by atoms with Crippen molar-refractivity contribution in [3.63, 3.8) is 0 Å². The van der Waals surface area contributed by atoms with Crippen LogP contribution in [-0.2, 0) is 13.0 Å². The Labute approximate surface area is 213 Å². The van der Waals surface area contributed by atoms with E-state index in [9.17, 15) is 20.1 Å². The fourth-order valence-electron chi connectivity index (χ4n) is 7.24. The number of benzene rings is 2. The van der Waals surface area contributed by atoms with Crippen LogP contribution in [0.3, 0.4) is 0 Å². The number of carbonyl (C=O) groups is 1. The predicted octanol–water partition coefficient (Wildman–Crippen LogP) is 4.23. The minimum absolute atomic E-state index is 0.00878. The second-order valence-electron chi connectivity index (χ2n) is 11.6. The van der Waals surface area contributed by atoms with Crippen LogP contribution in [-0.4, -0.2) is 39.5 Å². The van der Waals surface area contributed by atoms with Crippen LogP contribution in [0.2, 0.25) is 0 Å². The molecule has 6 rings (SSSR count). The smallest absolute Gasteiger partial charge is 0.319 e. The molecule has 0 saturated heterocycles. The van der Waals surface area contributed by atoms with Crippen molar-refractivity contribution < 1.29 is 20.1 Å². The Hall–Kier alpha value is -2.61. The molecule has 4 saturated carbocycles. The predicted molar refractivity (Wildman–Crippen MR) is 140 cm³/mol. The Morgan fingerprint density at radius 2 is 1.75 bits per heavy atom. The second kappa shape index (κ2) is 10.4. The highest BCUT2D eigenvalue weighted by molar-refractivity contribution is 5.89. The highest BCUT2D eigenvalue weighted by Gasteiger charge is 2.51. The average Bonchev–Trinajstić information content (AvgIpc) is 2.81. The molecule has 0 radical (unpaired) electrons. The van der Waals surface area contributed by atoms with Crippen molar-refractivity contribution in [3.05, 3.63) is 59.2 Å². The molecule has 2 atom stereocenters. The first-order valence-electron chi connectivity index (χ1n) is 13.3. The molecule has 36 heavy (non-hydrogen) atoms. The number of rotatable bonds is 9. The molecular weight excluding hydrogens is 454 g/mol. The molecule has 2 aromatic rings. The summed E-state index contributed by atoms with van der Waals surface area (Å²) in [5.74, 6) is 2.39. The van der Waals surface area contributed by atoms with Crippen LogP contribution in [0.25, 0.3) is 0 Å². The number of aromatic hydroxyl groups is 1. The zero-order chi connectivity index (χ0) is 25.3. The van der Waals surface area contributed by atoms with Crippen molar-refractivity contribution in [2.24, 2.45) is 17.8 Å². The number of amides is 2. The van der Waals surface area contributed by atoms with Gasteiger partial charge in [0.2, 0.25) is 0 Å². The van der Waals surface area contributed by atoms with Gasteiger partial charge in [0.25, 0.3) is 0 Å². The van der Waals surface area contributed by atoms with Gasteiger partial charge in [-0.05, 0) is 105 Å². The molecule has 2 aromatic carbocycles. The van der Waals surface area contributed by atoms with Gasteiger partial charge in [0, 0.05) is 29.4 Å². The second-order valence-corrected chi connectivity index (χ2v) is 11.6. The highest BCUT2D eigenvalue weighted by atomic mass is 16.3. The van der Waals surface area contributed by atoms with Gasteiger partial charge in [0.05, 0.1) is 12.7 Å². The molecule has 7 nitrogen and oxygen atoms in total. The summed E-state index contributed by atoms with van der Waals surface area (Å²) in [6, 6.07) is 12.7. The number of urea groups is 1. The number of phenols is 1. The van der Waals surface area contributed by atoms with E-state index in [4.69, 9.17) is 0 Å². The third kappa shape index (κ3) is 5.69. The summed E-state index contributed by atoms with van der Waals surface area (Å²) in [4.78, 5) is 12.9. The molecule has 0 heterocycles. The number of carbonyl (C=O) groups excluding carboxylic acids is 1. The number of hydrogen-bond acceptors (Lipinski definition) is 5. The van der Waals surface area contributed by atoms with E-state index in [-0.39, 0.29) is 30.0 Å². The molecule has 0 aliphatic heterocycles. The van der Waals surface area contributed by atoms with Crippen molar-refractivity contribution in [1.82, 2.24) is 10.6 Å². The number of anilines is 1. The van der Waals surface area contributed by atoms with Gasteiger partial charge in [0.15, 0.2) is 0 Å². The molecule has 194 valence electrons. The Morgan fingerprint density at radius 3 is 2.42 bits per heavy atom. The third-order valence-electron chi connectivity index (χ3n) is 8.46. The van der Waals surface area contributed by atoms with Crippen molar-refractivity contribution in [2.75, 3.05) is 11.9 Å². The first-order valence-corrected chi connectivity index (χ1v) is 13.3. The number of aliphatic hydroxyl groups excluding tert-OH is 2. The molecule has 4 aliphatic rings. The first kappa shape index (κ1) is 25.1. The van der Waals surface area contributed by atoms with Crippen LogP contribution in [0, 0.1) is 17.8 Å². The Kier molecular flexibility index (Phi) is 7.24. The molecule has 0 spiro atoms. The van der Waals surface area contributed by atoms with E-state index in [1.807, 2.05) is 24.3 Å². The van der Waals surface area contributed by atoms with Gasteiger partial charge in [-0.15, -0.1) is 0 Å².